The maximum atomic E-state index is 12.7. The first-order valence-corrected chi connectivity index (χ1v) is 7.02. The Balaban J connectivity index is 1.86. The zero-order valence-electron chi connectivity index (χ0n) is 12.3. The van der Waals surface area contributed by atoms with Crippen LogP contribution in [-0.2, 0) is 6.54 Å². The maximum Gasteiger partial charge on any atom is 0.256 e. The normalized spacial score (nSPS) is 10.8. The number of H-pyrrole nitrogens is 1. The van der Waals surface area contributed by atoms with E-state index in [0.717, 1.165) is 16.5 Å². The molecule has 1 N–H and O–H groups in total. The summed E-state index contributed by atoms with van der Waals surface area (Å²) >= 11 is 0. The van der Waals surface area contributed by atoms with Gasteiger partial charge in [-0.05, 0) is 24.6 Å². The third kappa shape index (κ3) is 2.68. The summed E-state index contributed by atoms with van der Waals surface area (Å²) in [5.41, 5.74) is 3.97. The van der Waals surface area contributed by atoms with Crippen molar-refractivity contribution in [3.8, 4) is 0 Å². The van der Waals surface area contributed by atoms with E-state index in [-0.39, 0.29) is 5.91 Å². The number of aryl methyl sites for hydroxylation is 1. The second kappa shape index (κ2) is 5.44. The largest absolute Gasteiger partial charge is 0.361 e. The number of hydrogen-bond acceptors (Lipinski definition) is 1. The van der Waals surface area contributed by atoms with E-state index < -0.39 is 0 Å². The number of fused-ring (bicyclic) bond motifs is 1. The molecular formula is C18H18N2O. The summed E-state index contributed by atoms with van der Waals surface area (Å²) in [5, 5.41) is 1.06. The average molecular weight is 278 g/mol. The number of nitrogens with zero attached hydrogens (tertiary/aromatic N) is 1. The number of benzene rings is 2. The number of nitrogens with one attached hydrogen (secondary N) is 1. The van der Waals surface area contributed by atoms with Crippen LogP contribution in [0, 0.1) is 6.92 Å². The number of rotatable bonds is 3. The van der Waals surface area contributed by atoms with Crippen molar-refractivity contribution in [1.29, 1.82) is 0 Å². The van der Waals surface area contributed by atoms with Crippen LogP contribution in [0.3, 0.4) is 0 Å². The second-order valence-electron chi connectivity index (χ2n) is 5.40. The first-order chi connectivity index (χ1) is 10.1. The standard InChI is InChI=1S/C18H18N2O/c1-13-5-3-6-14(11-13)12-20(2)18(21)16-8-4-7-15-9-10-19-17(15)16/h3-11,19H,12H2,1-2H3. The molecule has 1 amide bonds. The van der Waals surface area contributed by atoms with Gasteiger partial charge < -0.3 is 9.88 Å². The molecular weight excluding hydrogens is 260 g/mol. The van der Waals surface area contributed by atoms with Crippen molar-refractivity contribution in [3.05, 3.63) is 71.4 Å². The first kappa shape index (κ1) is 13.4. The van der Waals surface area contributed by atoms with Crippen LogP contribution in [0.15, 0.2) is 54.7 Å². The van der Waals surface area contributed by atoms with Crippen molar-refractivity contribution < 1.29 is 4.79 Å². The Bertz CT molecular complexity index is 789. The first-order valence-electron chi connectivity index (χ1n) is 7.02. The maximum absolute atomic E-state index is 12.7. The zero-order chi connectivity index (χ0) is 14.8. The topological polar surface area (TPSA) is 36.1 Å². The third-order valence-electron chi connectivity index (χ3n) is 3.67. The van der Waals surface area contributed by atoms with Crippen molar-refractivity contribution in [2.75, 3.05) is 7.05 Å². The molecule has 0 aliphatic rings. The number of carbonyl (C=O) groups excluding carboxylic acids is 1. The highest BCUT2D eigenvalue weighted by Gasteiger charge is 2.15. The fourth-order valence-corrected chi connectivity index (χ4v) is 2.62. The van der Waals surface area contributed by atoms with Crippen molar-refractivity contribution in [3.63, 3.8) is 0 Å². The van der Waals surface area contributed by atoms with Gasteiger partial charge in [0.25, 0.3) is 5.91 Å². The molecule has 0 saturated carbocycles. The van der Waals surface area contributed by atoms with E-state index in [9.17, 15) is 4.79 Å². The number of aromatic amines is 1. The highest BCUT2D eigenvalue weighted by molar-refractivity contribution is 6.05. The van der Waals surface area contributed by atoms with Crippen LogP contribution in [0.25, 0.3) is 10.9 Å². The lowest BCUT2D eigenvalue weighted by molar-refractivity contribution is 0.0787. The molecule has 0 atom stereocenters. The Morgan fingerprint density at radius 3 is 2.76 bits per heavy atom. The zero-order valence-corrected chi connectivity index (χ0v) is 12.3. The van der Waals surface area contributed by atoms with Crippen LogP contribution in [0.1, 0.15) is 21.5 Å². The number of para-hydroxylation sites is 1. The Hall–Kier alpha value is -2.55. The monoisotopic (exact) mass is 278 g/mol. The fraction of sp³-hybridized carbons (Fsp3) is 0.167. The summed E-state index contributed by atoms with van der Waals surface area (Å²) in [7, 11) is 1.84. The molecule has 0 bridgehead atoms. The molecule has 106 valence electrons. The van der Waals surface area contributed by atoms with Gasteiger partial charge in [0.2, 0.25) is 0 Å². The average Bonchev–Trinajstić information content (AvgIpc) is 2.94. The van der Waals surface area contributed by atoms with Gasteiger partial charge in [-0.1, -0.05) is 42.0 Å². The Kier molecular flexibility index (Phi) is 3.48. The molecule has 3 nitrogen and oxygen atoms in total. The van der Waals surface area contributed by atoms with Gasteiger partial charge in [-0.15, -0.1) is 0 Å². The minimum Gasteiger partial charge on any atom is -0.361 e. The molecule has 0 aliphatic carbocycles. The van der Waals surface area contributed by atoms with Gasteiger partial charge in [0.05, 0.1) is 11.1 Å². The molecule has 1 heterocycles. The van der Waals surface area contributed by atoms with Crippen molar-refractivity contribution in [2.45, 2.75) is 13.5 Å². The summed E-state index contributed by atoms with van der Waals surface area (Å²) in [5.74, 6) is 0.0320. The number of aromatic nitrogens is 1. The molecule has 3 heteroatoms. The molecule has 0 spiro atoms. The molecule has 0 saturated heterocycles. The van der Waals surface area contributed by atoms with Crippen LogP contribution in [0.4, 0.5) is 0 Å². The van der Waals surface area contributed by atoms with E-state index in [2.05, 4.69) is 24.0 Å². The smallest absolute Gasteiger partial charge is 0.256 e. The lowest BCUT2D eigenvalue weighted by Gasteiger charge is -2.18. The summed E-state index contributed by atoms with van der Waals surface area (Å²) in [4.78, 5) is 17.6. The third-order valence-corrected chi connectivity index (χ3v) is 3.67. The molecule has 1 aromatic heterocycles. The van der Waals surface area contributed by atoms with Crippen molar-refractivity contribution in [1.82, 2.24) is 9.88 Å². The molecule has 21 heavy (non-hydrogen) atoms. The van der Waals surface area contributed by atoms with E-state index in [0.29, 0.717) is 12.1 Å². The van der Waals surface area contributed by atoms with Crippen LogP contribution in [0.2, 0.25) is 0 Å². The Morgan fingerprint density at radius 1 is 1.14 bits per heavy atom. The SMILES string of the molecule is Cc1cccc(CN(C)C(=O)c2cccc3cc[nH]c23)c1. The lowest BCUT2D eigenvalue weighted by atomic mass is 10.1. The molecule has 0 unspecified atom stereocenters. The van der Waals surface area contributed by atoms with Crippen LogP contribution in [0.5, 0.6) is 0 Å². The van der Waals surface area contributed by atoms with Gasteiger partial charge in [-0.25, -0.2) is 0 Å². The number of amides is 1. The van der Waals surface area contributed by atoms with Gasteiger partial charge in [-0.3, -0.25) is 4.79 Å². The van der Waals surface area contributed by atoms with Gasteiger partial charge in [-0.2, -0.15) is 0 Å². The van der Waals surface area contributed by atoms with Gasteiger partial charge in [0, 0.05) is 25.2 Å². The van der Waals surface area contributed by atoms with Crippen molar-refractivity contribution in [2.24, 2.45) is 0 Å². The molecule has 0 fully saturated rings. The molecule has 2 aromatic carbocycles. The number of carbonyl (C=O) groups is 1. The Morgan fingerprint density at radius 2 is 1.95 bits per heavy atom. The van der Waals surface area contributed by atoms with E-state index >= 15 is 0 Å². The summed E-state index contributed by atoms with van der Waals surface area (Å²) in [6.45, 7) is 2.67. The molecule has 0 radical (unpaired) electrons. The van der Waals surface area contributed by atoms with E-state index in [1.54, 1.807) is 4.90 Å². The van der Waals surface area contributed by atoms with Gasteiger partial charge in [0.1, 0.15) is 0 Å². The van der Waals surface area contributed by atoms with Crippen LogP contribution >= 0.6 is 0 Å². The summed E-state index contributed by atoms with van der Waals surface area (Å²) in [6.07, 6.45) is 1.86. The summed E-state index contributed by atoms with van der Waals surface area (Å²) < 4.78 is 0. The van der Waals surface area contributed by atoms with Crippen LogP contribution < -0.4 is 0 Å². The van der Waals surface area contributed by atoms with Crippen molar-refractivity contribution >= 4 is 16.8 Å². The second-order valence-corrected chi connectivity index (χ2v) is 5.40. The van der Waals surface area contributed by atoms with Gasteiger partial charge >= 0.3 is 0 Å². The minimum atomic E-state index is 0.0320. The summed E-state index contributed by atoms with van der Waals surface area (Å²) in [6, 6.07) is 16.0. The predicted molar refractivity (Wildman–Crippen MR) is 85.3 cm³/mol. The van der Waals surface area contributed by atoms with Gasteiger partial charge in [0.15, 0.2) is 0 Å². The lowest BCUT2D eigenvalue weighted by Crippen LogP contribution is -2.26. The molecule has 3 aromatic rings. The molecule has 0 aliphatic heterocycles. The highest BCUT2D eigenvalue weighted by Crippen LogP contribution is 2.19. The molecule has 3 rings (SSSR count). The fourth-order valence-electron chi connectivity index (χ4n) is 2.62. The quantitative estimate of drug-likeness (QED) is 0.778. The van der Waals surface area contributed by atoms with E-state index in [1.165, 1.54) is 5.56 Å². The highest BCUT2D eigenvalue weighted by atomic mass is 16.2. The van der Waals surface area contributed by atoms with E-state index in [4.69, 9.17) is 0 Å². The minimum absolute atomic E-state index is 0.0320. The Labute approximate surface area is 124 Å². The number of hydrogen-bond donors (Lipinski definition) is 1. The predicted octanol–water partition coefficient (Wildman–Crippen LogP) is 3.75. The van der Waals surface area contributed by atoms with Crippen LogP contribution in [-0.4, -0.2) is 22.8 Å². The van der Waals surface area contributed by atoms with E-state index in [1.807, 2.05) is 49.6 Å².